The molecule has 0 aliphatic heterocycles. The van der Waals surface area contributed by atoms with Crippen LogP contribution in [0.4, 0.5) is 0 Å². The second-order valence-corrected chi connectivity index (χ2v) is 7.51. The molecular weight excluding hydrogens is 248 g/mol. The molecule has 1 fully saturated rings. The minimum Gasteiger partial charge on any atom is -0.469 e. The van der Waals surface area contributed by atoms with E-state index in [9.17, 15) is 13.2 Å². The van der Waals surface area contributed by atoms with Gasteiger partial charge in [0.1, 0.15) is 0 Å². The summed E-state index contributed by atoms with van der Waals surface area (Å²) in [5.41, 5.74) is -0.315. The number of thioether (sulfide) groups is 1. The molecule has 0 heterocycles. The lowest BCUT2D eigenvalue weighted by Gasteiger charge is -2.13. The number of rotatable bonds is 7. The molecule has 0 unspecified atom stereocenters. The average molecular weight is 266 g/mol. The first kappa shape index (κ1) is 13.8. The summed E-state index contributed by atoms with van der Waals surface area (Å²) < 4.78 is 28.1. The van der Waals surface area contributed by atoms with Gasteiger partial charge < -0.3 is 4.74 Å². The van der Waals surface area contributed by atoms with Gasteiger partial charge in [0.05, 0.1) is 25.0 Å². The van der Waals surface area contributed by atoms with Crippen LogP contribution in [-0.4, -0.2) is 45.0 Å². The molecule has 0 radical (unpaired) electrons. The number of methoxy groups -OCH3 is 1. The molecule has 0 spiro atoms. The molecule has 0 atom stereocenters. The molecule has 16 heavy (non-hydrogen) atoms. The summed E-state index contributed by atoms with van der Waals surface area (Å²) in [5, 5.41) is 0. The van der Waals surface area contributed by atoms with Crippen molar-refractivity contribution < 1.29 is 17.9 Å². The fraction of sp³-hybridized carbons (Fsp3) is 0.900. The summed E-state index contributed by atoms with van der Waals surface area (Å²) in [4.78, 5) is 11.1. The Morgan fingerprint density at radius 1 is 1.44 bits per heavy atom. The van der Waals surface area contributed by atoms with Crippen molar-refractivity contribution in [2.24, 2.45) is 5.41 Å². The minimum atomic E-state index is -3.02. The van der Waals surface area contributed by atoms with Crippen molar-refractivity contribution in [3.8, 4) is 0 Å². The second kappa shape index (κ2) is 5.40. The van der Waals surface area contributed by atoms with Crippen molar-refractivity contribution in [3.05, 3.63) is 0 Å². The Morgan fingerprint density at radius 2 is 2.06 bits per heavy atom. The van der Waals surface area contributed by atoms with Crippen molar-refractivity contribution >= 4 is 27.6 Å². The molecule has 1 saturated carbocycles. The molecule has 0 bridgehead atoms. The van der Waals surface area contributed by atoms with Crippen molar-refractivity contribution in [2.45, 2.75) is 19.3 Å². The fourth-order valence-electron chi connectivity index (χ4n) is 1.68. The third-order valence-corrected chi connectivity index (χ3v) is 5.58. The highest BCUT2D eigenvalue weighted by Gasteiger charge is 2.47. The van der Waals surface area contributed by atoms with Gasteiger partial charge in [-0.15, -0.1) is 0 Å². The van der Waals surface area contributed by atoms with Crippen molar-refractivity contribution in [3.63, 3.8) is 0 Å². The molecule has 0 amide bonds. The Hall–Kier alpha value is -0.230. The van der Waals surface area contributed by atoms with Gasteiger partial charge in [-0.1, -0.05) is 0 Å². The number of ether oxygens (including phenoxy) is 1. The fourth-order valence-corrected chi connectivity index (χ4v) is 4.83. The van der Waals surface area contributed by atoms with E-state index in [1.165, 1.54) is 18.9 Å². The molecule has 1 aliphatic rings. The summed E-state index contributed by atoms with van der Waals surface area (Å²) in [5.74, 6) is 0.654. The molecule has 0 aromatic carbocycles. The summed E-state index contributed by atoms with van der Waals surface area (Å²) in [6, 6.07) is 0. The predicted octanol–water partition coefficient (Wildman–Crippen LogP) is 1.11. The van der Waals surface area contributed by atoms with Crippen LogP contribution in [0.3, 0.4) is 0 Å². The molecule has 6 heteroatoms. The van der Waals surface area contributed by atoms with E-state index in [-0.39, 0.29) is 29.3 Å². The molecule has 4 nitrogen and oxygen atoms in total. The van der Waals surface area contributed by atoms with Crippen LogP contribution in [0.1, 0.15) is 19.3 Å². The number of sulfone groups is 1. The van der Waals surface area contributed by atoms with E-state index < -0.39 is 9.84 Å². The van der Waals surface area contributed by atoms with Gasteiger partial charge in [0.15, 0.2) is 9.84 Å². The van der Waals surface area contributed by atoms with Crippen LogP contribution >= 0.6 is 11.8 Å². The molecule has 94 valence electrons. The zero-order valence-corrected chi connectivity index (χ0v) is 11.3. The van der Waals surface area contributed by atoms with Crippen LogP contribution in [0.15, 0.2) is 0 Å². The lowest BCUT2D eigenvalue weighted by molar-refractivity contribution is -0.141. The zero-order chi connectivity index (χ0) is 12.2. The molecule has 0 saturated heterocycles. The smallest absolute Gasteiger partial charge is 0.306 e. The highest BCUT2D eigenvalue weighted by molar-refractivity contribution is 8.00. The molecule has 0 aromatic heterocycles. The zero-order valence-electron chi connectivity index (χ0n) is 9.69. The van der Waals surface area contributed by atoms with Crippen LogP contribution in [0.25, 0.3) is 0 Å². The van der Waals surface area contributed by atoms with Crippen LogP contribution in [0, 0.1) is 5.41 Å². The Bertz CT molecular complexity index is 344. The van der Waals surface area contributed by atoms with Gasteiger partial charge in [0.2, 0.25) is 0 Å². The Morgan fingerprint density at radius 3 is 2.50 bits per heavy atom. The van der Waals surface area contributed by atoms with E-state index in [1.807, 2.05) is 6.26 Å². The summed E-state index contributed by atoms with van der Waals surface area (Å²) in [7, 11) is -1.69. The quantitative estimate of drug-likeness (QED) is 0.646. The maximum Gasteiger partial charge on any atom is 0.306 e. The Balaban J connectivity index is 2.50. The first-order valence-electron chi connectivity index (χ1n) is 5.19. The predicted molar refractivity (Wildman–Crippen MR) is 65.3 cm³/mol. The van der Waals surface area contributed by atoms with Gasteiger partial charge >= 0.3 is 5.97 Å². The first-order chi connectivity index (χ1) is 7.43. The Kier molecular flexibility index (Phi) is 4.67. The van der Waals surface area contributed by atoms with Crippen molar-refractivity contribution in [1.29, 1.82) is 0 Å². The topological polar surface area (TPSA) is 60.4 Å². The standard InChI is InChI=1S/C10H18O4S2/c1-14-9(11)7-10(3-4-10)8-16(12,13)6-5-15-2/h3-8H2,1-2H3. The highest BCUT2D eigenvalue weighted by atomic mass is 32.2. The molecular formula is C10H18O4S2. The van der Waals surface area contributed by atoms with Gasteiger partial charge in [-0.3, -0.25) is 4.79 Å². The van der Waals surface area contributed by atoms with E-state index in [4.69, 9.17) is 0 Å². The molecule has 0 aromatic rings. The number of hydrogen-bond donors (Lipinski definition) is 0. The van der Waals surface area contributed by atoms with Gasteiger partial charge in [-0.05, 0) is 24.5 Å². The van der Waals surface area contributed by atoms with Crippen LogP contribution in [0.2, 0.25) is 0 Å². The van der Waals surface area contributed by atoms with E-state index in [2.05, 4.69) is 4.74 Å². The van der Waals surface area contributed by atoms with Gasteiger partial charge in [0, 0.05) is 5.75 Å². The molecule has 0 N–H and O–H groups in total. The third-order valence-electron chi connectivity index (χ3n) is 2.83. The van der Waals surface area contributed by atoms with E-state index in [0.29, 0.717) is 5.75 Å². The average Bonchev–Trinajstić information content (AvgIpc) is 2.93. The lowest BCUT2D eigenvalue weighted by atomic mass is 10.1. The highest BCUT2D eigenvalue weighted by Crippen LogP contribution is 2.50. The molecule has 1 aliphatic carbocycles. The number of hydrogen-bond acceptors (Lipinski definition) is 5. The number of esters is 1. The van der Waals surface area contributed by atoms with Crippen LogP contribution < -0.4 is 0 Å². The largest absolute Gasteiger partial charge is 0.469 e. The number of carbonyl (C=O) groups excluding carboxylic acids is 1. The van der Waals surface area contributed by atoms with Crippen molar-refractivity contribution in [2.75, 3.05) is 30.6 Å². The monoisotopic (exact) mass is 266 g/mol. The first-order valence-corrected chi connectivity index (χ1v) is 8.41. The minimum absolute atomic E-state index is 0.135. The van der Waals surface area contributed by atoms with Gasteiger partial charge in [-0.25, -0.2) is 8.42 Å². The normalized spacial score (nSPS) is 18.1. The molecule has 1 rings (SSSR count). The van der Waals surface area contributed by atoms with Gasteiger partial charge in [0.25, 0.3) is 0 Å². The summed E-state index contributed by atoms with van der Waals surface area (Å²) in [6.07, 6.45) is 3.76. The number of carbonyl (C=O) groups is 1. The van der Waals surface area contributed by atoms with E-state index in [1.54, 1.807) is 0 Å². The van der Waals surface area contributed by atoms with E-state index >= 15 is 0 Å². The summed E-state index contributed by atoms with van der Waals surface area (Å²) >= 11 is 1.52. The maximum absolute atomic E-state index is 11.7. The summed E-state index contributed by atoms with van der Waals surface area (Å²) in [6.45, 7) is 0. The van der Waals surface area contributed by atoms with Gasteiger partial charge in [-0.2, -0.15) is 11.8 Å². The Labute approximate surface area is 101 Å². The SMILES string of the molecule is COC(=O)CC1(CS(=O)(=O)CCSC)CC1. The third kappa shape index (κ3) is 4.33. The van der Waals surface area contributed by atoms with Crippen molar-refractivity contribution in [1.82, 2.24) is 0 Å². The van der Waals surface area contributed by atoms with E-state index in [0.717, 1.165) is 12.8 Å². The van der Waals surface area contributed by atoms with Crippen LogP contribution in [-0.2, 0) is 19.4 Å². The lowest BCUT2D eigenvalue weighted by Crippen LogP contribution is -2.23. The van der Waals surface area contributed by atoms with Crippen LogP contribution in [0.5, 0.6) is 0 Å². The maximum atomic E-state index is 11.7. The second-order valence-electron chi connectivity index (χ2n) is 4.34.